The lowest BCUT2D eigenvalue weighted by Crippen LogP contribution is -2.10. The van der Waals surface area contributed by atoms with Gasteiger partial charge in [0.15, 0.2) is 5.69 Å². The molecule has 76 valence electrons. The lowest BCUT2D eigenvalue weighted by atomic mass is 10.1. The molecule has 0 saturated carbocycles. The van der Waals surface area contributed by atoms with E-state index in [0.29, 0.717) is 0 Å². The molecule has 0 aliphatic carbocycles. The molecule has 1 aromatic heterocycles. The Hall–Kier alpha value is -1.56. The average Bonchev–Trinajstić information content (AvgIpc) is 2.16. The van der Waals surface area contributed by atoms with Gasteiger partial charge in [-0.15, -0.1) is 0 Å². The van der Waals surface area contributed by atoms with Crippen LogP contribution in [0.3, 0.4) is 0 Å². The molecule has 1 aromatic rings. The molecule has 0 aliphatic rings. The summed E-state index contributed by atoms with van der Waals surface area (Å²) in [4.78, 5) is 14.0. The monoisotopic (exact) mass is 202 g/mol. The van der Waals surface area contributed by atoms with Crippen molar-refractivity contribution in [1.29, 1.82) is 0 Å². The molecule has 0 amide bonds. The van der Waals surface area contributed by atoms with Crippen LogP contribution in [0.25, 0.3) is 0 Å². The molecule has 0 aromatic carbocycles. The second-order valence-corrected chi connectivity index (χ2v) is 2.59. The number of nitrogens with zero attached hydrogens (tertiary/aromatic N) is 1. The fourth-order valence-electron chi connectivity index (χ4n) is 0.996. The summed E-state index contributed by atoms with van der Waals surface area (Å²) in [5.74, 6) is -1.27. The molecule has 0 bridgehead atoms. The van der Waals surface area contributed by atoms with Crippen LogP contribution in [-0.4, -0.2) is 16.1 Å². The maximum atomic E-state index is 12.2. The van der Waals surface area contributed by atoms with Crippen LogP contribution in [0, 0.1) is 0 Å². The number of pyridine rings is 1. The summed E-state index contributed by atoms with van der Waals surface area (Å²) in [6, 6.07) is 1.06. The fraction of sp³-hybridized carbons (Fsp3) is 0.250. The zero-order chi connectivity index (χ0) is 10.7. The van der Waals surface area contributed by atoms with E-state index in [1.54, 1.807) is 0 Å². The van der Waals surface area contributed by atoms with Crippen molar-refractivity contribution in [3.05, 3.63) is 29.1 Å². The third-order valence-electron chi connectivity index (χ3n) is 1.66. The highest BCUT2D eigenvalue weighted by Crippen LogP contribution is 2.19. The van der Waals surface area contributed by atoms with Crippen LogP contribution in [0.2, 0.25) is 0 Å². The topological polar surface area (TPSA) is 76.2 Å². The van der Waals surface area contributed by atoms with E-state index < -0.39 is 12.4 Å². The Morgan fingerprint density at radius 2 is 2.29 bits per heavy atom. The summed E-state index contributed by atoms with van der Waals surface area (Å²) in [5, 5.41) is 8.62. The average molecular weight is 202 g/mol. The molecule has 14 heavy (non-hydrogen) atoms. The Kier molecular flexibility index (Phi) is 3.08. The Labute approximate surface area is 78.4 Å². The standard InChI is InChI=1S/C8H8F2N2O2/c9-7(10)5-1-4(2-11)6(8(13)14)12-3-5/h1,3,7H,2,11H2,(H,13,14). The van der Waals surface area contributed by atoms with Crippen LogP contribution in [0.5, 0.6) is 0 Å². The molecular weight excluding hydrogens is 194 g/mol. The van der Waals surface area contributed by atoms with E-state index in [2.05, 4.69) is 4.98 Å². The van der Waals surface area contributed by atoms with Crippen LogP contribution in [0.1, 0.15) is 28.0 Å². The number of carboxylic acids is 1. The smallest absolute Gasteiger partial charge is 0.354 e. The van der Waals surface area contributed by atoms with E-state index in [-0.39, 0.29) is 23.4 Å². The normalized spacial score (nSPS) is 10.6. The molecule has 0 aliphatic heterocycles. The molecule has 1 rings (SSSR count). The predicted octanol–water partition coefficient (Wildman–Crippen LogP) is 1.18. The van der Waals surface area contributed by atoms with Crippen LogP contribution < -0.4 is 5.73 Å². The van der Waals surface area contributed by atoms with Gasteiger partial charge in [-0.25, -0.2) is 18.6 Å². The number of alkyl halides is 2. The molecule has 0 atom stereocenters. The highest BCUT2D eigenvalue weighted by molar-refractivity contribution is 5.87. The minimum atomic E-state index is -2.67. The Balaban J connectivity index is 3.18. The fourth-order valence-corrected chi connectivity index (χ4v) is 0.996. The van der Waals surface area contributed by atoms with Crippen molar-refractivity contribution in [2.45, 2.75) is 13.0 Å². The number of halogens is 2. The van der Waals surface area contributed by atoms with Gasteiger partial charge in [-0.1, -0.05) is 0 Å². The van der Waals surface area contributed by atoms with Gasteiger partial charge in [0.1, 0.15) is 0 Å². The van der Waals surface area contributed by atoms with Crippen molar-refractivity contribution in [2.75, 3.05) is 0 Å². The van der Waals surface area contributed by atoms with E-state index in [1.807, 2.05) is 0 Å². The van der Waals surface area contributed by atoms with E-state index in [4.69, 9.17) is 10.8 Å². The van der Waals surface area contributed by atoms with Crippen molar-refractivity contribution in [3.63, 3.8) is 0 Å². The first-order valence-electron chi connectivity index (χ1n) is 3.76. The van der Waals surface area contributed by atoms with Gasteiger partial charge in [-0.3, -0.25) is 0 Å². The number of aromatic carboxylic acids is 1. The minimum Gasteiger partial charge on any atom is -0.477 e. The molecule has 0 radical (unpaired) electrons. The second-order valence-electron chi connectivity index (χ2n) is 2.59. The minimum absolute atomic E-state index is 0.107. The molecule has 6 heteroatoms. The zero-order valence-electron chi connectivity index (χ0n) is 7.08. The van der Waals surface area contributed by atoms with E-state index in [9.17, 15) is 13.6 Å². The molecule has 0 unspecified atom stereocenters. The van der Waals surface area contributed by atoms with Gasteiger partial charge in [0.25, 0.3) is 6.43 Å². The van der Waals surface area contributed by atoms with Gasteiger partial charge in [0, 0.05) is 18.3 Å². The van der Waals surface area contributed by atoms with Gasteiger partial charge < -0.3 is 10.8 Å². The third-order valence-corrected chi connectivity index (χ3v) is 1.66. The SMILES string of the molecule is NCc1cc(C(F)F)cnc1C(=O)O. The van der Waals surface area contributed by atoms with E-state index >= 15 is 0 Å². The highest BCUT2D eigenvalue weighted by Gasteiger charge is 2.14. The Bertz CT molecular complexity index is 355. The molecule has 0 saturated heterocycles. The number of aromatic nitrogens is 1. The lowest BCUT2D eigenvalue weighted by molar-refractivity contribution is 0.0688. The highest BCUT2D eigenvalue weighted by atomic mass is 19.3. The van der Waals surface area contributed by atoms with Crippen molar-refractivity contribution in [2.24, 2.45) is 5.73 Å². The number of nitrogens with two attached hydrogens (primary N) is 1. The van der Waals surface area contributed by atoms with Crippen LogP contribution in [0.15, 0.2) is 12.3 Å². The lowest BCUT2D eigenvalue weighted by Gasteiger charge is -2.05. The summed E-state index contributed by atoms with van der Waals surface area (Å²) < 4.78 is 24.4. The quantitative estimate of drug-likeness (QED) is 0.771. The molecule has 4 nitrogen and oxygen atoms in total. The van der Waals surface area contributed by atoms with Gasteiger partial charge in [0.05, 0.1) is 0 Å². The summed E-state index contributed by atoms with van der Waals surface area (Å²) in [5.41, 5.74) is 4.71. The maximum absolute atomic E-state index is 12.2. The van der Waals surface area contributed by atoms with Crippen LogP contribution in [0.4, 0.5) is 8.78 Å². The second kappa shape index (κ2) is 4.10. The predicted molar refractivity (Wildman–Crippen MR) is 44.0 cm³/mol. The van der Waals surface area contributed by atoms with E-state index in [0.717, 1.165) is 12.3 Å². The summed E-state index contributed by atoms with van der Waals surface area (Å²) in [6.45, 7) is -0.130. The van der Waals surface area contributed by atoms with Gasteiger partial charge >= 0.3 is 5.97 Å². The summed E-state index contributed by atoms with van der Waals surface area (Å²) >= 11 is 0. The van der Waals surface area contributed by atoms with Gasteiger partial charge in [0.2, 0.25) is 0 Å². The third kappa shape index (κ3) is 2.02. The van der Waals surface area contributed by atoms with Gasteiger partial charge in [-0.2, -0.15) is 0 Å². The van der Waals surface area contributed by atoms with Crippen molar-refractivity contribution >= 4 is 5.97 Å². The number of carbonyl (C=O) groups is 1. The first kappa shape index (κ1) is 10.5. The first-order chi connectivity index (χ1) is 6.56. The van der Waals surface area contributed by atoms with Gasteiger partial charge in [-0.05, 0) is 11.6 Å². The van der Waals surface area contributed by atoms with Crippen molar-refractivity contribution in [1.82, 2.24) is 4.98 Å². The number of hydrogen-bond acceptors (Lipinski definition) is 3. The zero-order valence-corrected chi connectivity index (χ0v) is 7.08. The van der Waals surface area contributed by atoms with Crippen molar-refractivity contribution in [3.8, 4) is 0 Å². The summed E-state index contributed by atoms with van der Waals surface area (Å²) in [7, 11) is 0. The molecule has 0 fully saturated rings. The molecule has 0 spiro atoms. The van der Waals surface area contributed by atoms with Crippen molar-refractivity contribution < 1.29 is 18.7 Å². The molecular formula is C8H8F2N2O2. The van der Waals surface area contributed by atoms with Crippen LogP contribution in [-0.2, 0) is 6.54 Å². The Morgan fingerprint density at radius 3 is 2.71 bits per heavy atom. The molecule has 3 N–H and O–H groups in total. The van der Waals surface area contributed by atoms with E-state index in [1.165, 1.54) is 0 Å². The largest absolute Gasteiger partial charge is 0.477 e. The Morgan fingerprint density at radius 1 is 1.64 bits per heavy atom. The number of carboxylic acid groups (broad SMARTS) is 1. The molecule has 1 heterocycles. The number of rotatable bonds is 3. The first-order valence-corrected chi connectivity index (χ1v) is 3.76. The summed E-state index contributed by atoms with van der Waals surface area (Å²) in [6.07, 6.45) is -1.83. The van der Waals surface area contributed by atoms with Crippen LogP contribution >= 0.6 is 0 Å². The number of hydrogen-bond donors (Lipinski definition) is 2. The maximum Gasteiger partial charge on any atom is 0.354 e.